The maximum absolute atomic E-state index is 12.8. The van der Waals surface area contributed by atoms with Gasteiger partial charge >= 0.3 is 5.97 Å². The van der Waals surface area contributed by atoms with Crippen molar-refractivity contribution in [2.75, 3.05) is 7.11 Å². The van der Waals surface area contributed by atoms with E-state index in [1.807, 2.05) is 48.5 Å². The van der Waals surface area contributed by atoms with E-state index >= 15 is 0 Å². The van der Waals surface area contributed by atoms with Gasteiger partial charge in [0.15, 0.2) is 17.6 Å². The third-order valence-corrected chi connectivity index (χ3v) is 6.63. The molecule has 210 valence electrons. The van der Waals surface area contributed by atoms with Gasteiger partial charge in [0, 0.05) is 11.3 Å². The summed E-state index contributed by atoms with van der Waals surface area (Å²) in [4.78, 5) is 23.9. The first kappa shape index (κ1) is 27.9. The third-order valence-electron chi connectivity index (χ3n) is 6.63. The second kappa shape index (κ2) is 12.7. The Kier molecular flexibility index (Phi) is 8.44. The van der Waals surface area contributed by atoms with E-state index in [-0.39, 0.29) is 5.91 Å². The van der Waals surface area contributed by atoms with Crippen molar-refractivity contribution in [1.82, 2.24) is 9.99 Å². The molecule has 0 bridgehead atoms. The van der Waals surface area contributed by atoms with E-state index in [0.29, 0.717) is 22.6 Å². The van der Waals surface area contributed by atoms with Gasteiger partial charge in [-0.05, 0) is 78.2 Å². The summed E-state index contributed by atoms with van der Waals surface area (Å²) in [6.07, 6.45) is 0.438. The number of hydrazone groups is 1. The van der Waals surface area contributed by atoms with Gasteiger partial charge in [-0.3, -0.25) is 4.79 Å². The number of carbonyl (C=O) groups is 2. The Morgan fingerprint density at radius 3 is 1.95 bits per heavy atom. The largest absolute Gasteiger partial charge is 0.493 e. The summed E-state index contributed by atoms with van der Waals surface area (Å²) in [6.45, 7) is 1.43. The lowest BCUT2D eigenvalue weighted by molar-refractivity contribution is -0.144. The Morgan fingerprint density at radius 1 is 0.810 bits per heavy atom. The van der Waals surface area contributed by atoms with Crippen molar-refractivity contribution in [3.8, 4) is 39.7 Å². The molecule has 5 rings (SSSR count). The Morgan fingerprint density at radius 2 is 1.40 bits per heavy atom. The number of aromatic nitrogens is 1. The monoisotopic (exact) mass is 559 g/mol. The smallest absolute Gasteiger partial charge is 0.344 e. The SMILES string of the molecule is COc1cc(/C=N\NC(=O)c2ccc(-n3c(-c4ccccc4)ccc3-c3ccccc3)cc2)ccc1O[C@@H](C)C(=O)O. The van der Waals surface area contributed by atoms with Crippen molar-refractivity contribution < 1.29 is 24.2 Å². The Bertz CT molecular complexity index is 1650. The van der Waals surface area contributed by atoms with Crippen molar-refractivity contribution >= 4 is 18.1 Å². The van der Waals surface area contributed by atoms with Crippen LogP contribution in [0.15, 0.2) is 120 Å². The molecule has 0 spiro atoms. The molecule has 42 heavy (non-hydrogen) atoms. The minimum atomic E-state index is -1.08. The number of hydrogen-bond acceptors (Lipinski definition) is 5. The summed E-state index contributed by atoms with van der Waals surface area (Å²) in [6, 6.07) is 36.8. The number of amides is 1. The fraction of sp³-hybridized carbons (Fsp3) is 0.0882. The lowest BCUT2D eigenvalue weighted by Gasteiger charge is -2.15. The number of benzene rings is 4. The fourth-order valence-electron chi connectivity index (χ4n) is 4.48. The number of carbonyl (C=O) groups excluding carboxylic acids is 1. The van der Waals surface area contributed by atoms with Crippen molar-refractivity contribution in [3.63, 3.8) is 0 Å². The van der Waals surface area contributed by atoms with Crippen LogP contribution in [-0.2, 0) is 4.79 Å². The predicted octanol–water partition coefficient (Wildman–Crippen LogP) is 6.44. The second-order valence-electron chi connectivity index (χ2n) is 9.43. The molecule has 4 aromatic carbocycles. The highest BCUT2D eigenvalue weighted by atomic mass is 16.5. The lowest BCUT2D eigenvalue weighted by Crippen LogP contribution is -2.23. The van der Waals surface area contributed by atoms with Crippen LogP contribution in [0.4, 0.5) is 0 Å². The van der Waals surface area contributed by atoms with E-state index in [4.69, 9.17) is 14.6 Å². The van der Waals surface area contributed by atoms with E-state index in [0.717, 1.165) is 28.2 Å². The molecule has 0 aliphatic carbocycles. The molecule has 2 N–H and O–H groups in total. The van der Waals surface area contributed by atoms with E-state index < -0.39 is 12.1 Å². The summed E-state index contributed by atoms with van der Waals surface area (Å²) >= 11 is 0. The van der Waals surface area contributed by atoms with Crippen LogP contribution in [0.1, 0.15) is 22.8 Å². The number of carboxylic acids is 1. The number of aliphatic carboxylic acids is 1. The predicted molar refractivity (Wildman–Crippen MR) is 162 cm³/mol. The zero-order chi connectivity index (χ0) is 29.5. The summed E-state index contributed by atoms with van der Waals surface area (Å²) in [7, 11) is 1.46. The minimum Gasteiger partial charge on any atom is -0.493 e. The molecular formula is C34H29N3O5. The number of nitrogens with one attached hydrogen (secondary N) is 1. The van der Waals surface area contributed by atoms with Gasteiger partial charge in [-0.1, -0.05) is 60.7 Å². The quantitative estimate of drug-likeness (QED) is 0.152. The Hall–Kier alpha value is -5.63. The molecule has 8 heteroatoms. The van der Waals surface area contributed by atoms with Crippen LogP contribution in [0, 0.1) is 0 Å². The number of methoxy groups -OCH3 is 1. The molecule has 0 radical (unpaired) electrons. The van der Waals surface area contributed by atoms with Crippen molar-refractivity contribution in [2.45, 2.75) is 13.0 Å². The summed E-state index contributed by atoms with van der Waals surface area (Å²) in [5.41, 5.74) is 8.81. The maximum Gasteiger partial charge on any atom is 0.344 e. The van der Waals surface area contributed by atoms with Crippen LogP contribution in [-0.4, -0.2) is 41.0 Å². The lowest BCUT2D eigenvalue weighted by atomic mass is 10.1. The van der Waals surface area contributed by atoms with Gasteiger partial charge in [-0.2, -0.15) is 5.10 Å². The van der Waals surface area contributed by atoms with Crippen LogP contribution < -0.4 is 14.9 Å². The highest BCUT2D eigenvalue weighted by Gasteiger charge is 2.16. The fourth-order valence-corrected chi connectivity index (χ4v) is 4.48. The van der Waals surface area contributed by atoms with Gasteiger partial charge < -0.3 is 19.1 Å². The molecule has 0 aliphatic heterocycles. The Balaban J connectivity index is 1.34. The van der Waals surface area contributed by atoms with E-state index in [9.17, 15) is 9.59 Å². The van der Waals surface area contributed by atoms with Gasteiger partial charge in [0.05, 0.1) is 24.7 Å². The van der Waals surface area contributed by atoms with Crippen LogP contribution in [0.5, 0.6) is 11.5 Å². The highest BCUT2D eigenvalue weighted by Crippen LogP contribution is 2.32. The molecular weight excluding hydrogens is 530 g/mol. The van der Waals surface area contributed by atoms with Crippen molar-refractivity contribution in [1.29, 1.82) is 0 Å². The number of rotatable bonds is 10. The first-order valence-corrected chi connectivity index (χ1v) is 13.3. The van der Waals surface area contributed by atoms with E-state index in [1.165, 1.54) is 20.2 Å². The summed E-state index contributed by atoms with van der Waals surface area (Å²) in [5.74, 6) is -0.801. The van der Waals surface area contributed by atoms with Crippen LogP contribution in [0.2, 0.25) is 0 Å². The van der Waals surface area contributed by atoms with Gasteiger partial charge in [0.25, 0.3) is 5.91 Å². The molecule has 0 saturated heterocycles. The normalized spacial score (nSPS) is 11.7. The average Bonchev–Trinajstić information content (AvgIpc) is 3.48. The van der Waals surface area contributed by atoms with Crippen molar-refractivity contribution in [3.05, 3.63) is 126 Å². The number of carboxylic acid groups (broad SMARTS) is 1. The molecule has 0 unspecified atom stereocenters. The zero-order valence-electron chi connectivity index (χ0n) is 23.1. The number of nitrogens with zero attached hydrogens (tertiary/aromatic N) is 2. The topological polar surface area (TPSA) is 102 Å². The molecule has 8 nitrogen and oxygen atoms in total. The molecule has 5 aromatic rings. The second-order valence-corrected chi connectivity index (χ2v) is 9.43. The first-order chi connectivity index (χ1) is 20.4. The molecule has 0 aliphatic rings. The van der Waals surface area contributed by atoms with E-state index in [2.05, 4.69) is 51.5 Å². The summed E-state index contributed by atoms with van der Waals surface area (Å²) in [5, 5.41) is 13.1. The van der Waals surface area contributed by atoms with Gasteiger partial charge in [0.1, 0.15) is 0 Å². The Labute approximate surface area is 243 Å². The molecule has 0 saturated carbocycles. The van der Waals surface area contributed by atoms with Gasteiger partial charge in [-0.25, -0.2) is 10.2 Å². The standard InChI is InChI=1S/C34H29N3O5/c1-23(34(39)40)42-31-20-13-24(21-32(31)41-2)22-35-36-33(38)27-14-16-28(17-15-27)37-29(25-9-5-3-6-10-25)18-19-30(37)26-11-7-4-8-12-26/h3-23H,1-2H3,(H,36,38)(H,39,40)/b35-22-/t23-/m0/s1. The van der Waals surface area contributed by atoms with Crippen LogP contribution >= 0.6 is 0 Å². The molecule has 1 heterocycles. The first-order valence-electron chi connectivity index (χ1n) is 13.3. The summed E-state index contributed by atoms with van der Waals surface area (Å²) < 4.78 is 12.9. The van der Waals surface area contributed by atoms with Crippen LogP contribution in [0.3, 0.4) is 0 Å². The maximum atomic E-state index is 12.8. The third kappa shape index (κ3) is 6.23. The van der Waals surface area contributed by atoms with Crippen LogP contribution in [0.25, 0.3) is 28.2 Å². The van der Waals surface area contributed by atoms with Crippen molar-refractivity contribution in [2.24, 2.45) is 5.10 Å². The minimum absolute atomic E-state index is 0.294. The molecule has 1 aromatic heterocycles. The molecule has 1 atom stereocenters. The highest BCUT2D eigenvalue weighted by molar-refractivity contribution is 5.95. The number of hydrogen-bond donors (Lipinski definition) is 2. The van der Waals surface area contributed by atoms with Gasteiger partial charge in [-0.15, -0.1) is 0 Å². The molecule has 0 fully saturated rings. The molecule has 1 amide bonds. The van der Waals surface area contributed by atoms with E-state index in [1.54, 1.807) is 30.3 Å². The zero-order valence-corrected chi connectivity index (χ0v) is 23.1. The average molecular weight is 560 g/mol. The number of ether oxygens (including phenoxy) is 2. The van der Waals surface area contributed by atoms with Gasteiger partial charge in [0.2, 0.25) is 0 Å².